The number of likely N-dealkylation sites (tertiary alicyclic amines) is 1. The molecule has 2 aliphatic rings. The average Bonchev–Trinajstić information content (AvgIpc) is 3.25. The lowest BCUT2D eigenvalue weighted by molar-refractivity contribution is -0.140. The molecule has 29 heavy (non-hydrogen) atoms. The van der Waals surface area contributed by atoms with Gasteiger partial charge < -0.3 is 5.32 Å². The number of anilines is 1. The van der Waals surface area contributed by atoms with Crippen LogP contribution in [0.2, 0.25) is 5.02 Å². The van der Waals surface area contributed by atoms with Crippen LogP contribution in [0.4, 0.5) is 5.82 Å². The molecule has 7 nitrogen and oxygen atoms in total. The highest BCUT2D eigenvalue weighted by atomic mass is 35.5. The van der Waals surface area contributed by atoms with E-state index in [1.807, 2.05) is 18.2 Å². The molecule has 1 aliphatic carbocycles. The van der Waals surface area contributed by atoms with Crippen LogP contribution in [0.5, 0.6) is 0 Å². The minimum absolute atomic E-state index is 0.0637. The molecule has 0 spiro atoms. The number of benzene rings is 1. The van der Waals surface area contributed by atoms with Crippen LogP contribution >= 0.6 is 11.6 Å². The van der Waals surface area contributed by atoms with Crippen molar-refractivity contribution in [2.75, 3.05) is 11.9 Å². The highest BCUT2D eigenvalue weighted by Gasteiger charge is 2.47. The summed E-state index contributed by atoms with van der Waals surface area (Å²) in [6.07, 6.45) is 5.20. The Hall–Kier alpha value is -2.67. The predicted octanol–water partition coefficient (Wildman–Crippen LogP) is 3.09. The van der Waals surface area contributed by atoms with Gasteiger partial charge >= 0.3 is 0 Å². The Labute approximate surface area is 174 Å². The van der Waals surface area contributed by atoms with Gasteiger partial charge in [-0.1, -0.05) is 42.6 Å². The maximum absolute atomic E-state index is 12.5. The van der Waals surface area contributed by atoms with Crippen molar-refractivity contribution in [1.82, 2.24) is 14.7 Å². The van der Waals surface area contributed by atoms with E-state index in [-0.39, 0.29) is 42.5 Å². The largest absolute Gasteiger partial charge is 0.311 e. The maximum atomic E-state index is 12.5. The number of rotatable bonds is 6. The van der Waals surface area contributed by atoms with E-state index >= 15 is 0 Å². The molecule has 0 unspecified atom stereocenters. The minimum atomic E-state index is -0.263. The van der Waals surface area contributed by atoms with Crippen molar-refractivity contribution in [1.29, 1.82) is 0 Å². The van der Waals surface area contributed by atoms with Crippen molar-refractivity contribution < 1.29 is 14.4 Å². The molecular weight excluding hydrogens is 392 g/mol. The molecule has 1 saturated carbocycles. The lowest BCUT2D eigenvalue weighted by Crippen LogP contribution is -2.34. The topological polar surface area (TPSA) is 84.3 Å². The third-order valence-corrected chi connectivity index (χ3v) is 6.13. The summed E-state index contributed by atoms with van der Waals surface area (Å²) >= 11 is 6.20. The van der Waals surface area contributed by atoms with E-state index in [1.54, 1.807) is 23.0 Å². The molecule has 1 aliphatic heterocycles. The van der Waals surface area contributed by atoms with Gasteiger partial charge in [-0.15, -0.1) is 0 Å². The Morgan fingerprint density at radius 2 is 1.79 bits per heavy atom. The maximum Gasteiger partial charge on any atom is 0.233 e. The lowest BCUT2D eigenvalue weighted by Gasteiger charge is -2.19. The van der Waals surface area contributed by atoms with Gasteiger partial charge in [0.1, 0.15) is 5.82 Å². The molecule has 1 aromatic carbocycles. The van der Waals surface area contributed by atoms with Gasteiger partial charge in [-0.2, -0.15) is 5.10 Å². The number of amides is 3. The monoisotopic (exact) mass is 414 g/mol. The van der Waals surface area contributed by atoms with E-state index in [0.717, 1.165) is 31.2 Å². The molecule has 4 rings (SSSR count). The van der Waals surface area contributed by atoms with Gasteiger partial charge in [-0.05, 0) is 24.5 Å². The first-order chi connectivity index (χ1) is 14.0. The van der Waals surface area contributed by atoms with Gasteiger partial charge in [0.2, 0.25) is 17.7 Å². The normalized spacial score (nSPS) is 21.3. The Morgan fingerprint density at radius 1 is 1.10 bits per heavy atom. The van der Waals surface area contributed by atoms with Crippen LogP contribution < -0.4 is 5.32 Å². The number of nitrogens with zero attached hydrogens (tertiary/aromatic N) is 3. The van der Waals surface area contributed by atoms with Crippen molar-refractivity contribution in [2.45, 2.75) is 38.6 Å². The molecule has 2 heterocycles. The van der Waals surface area contributed by atoms with Crippen LogP contribution in [0.3, 0.4) is 0 Å². The van der Waals surface area contributed by atoms with Gasteiger partial charge in [0, 0.05) is 24.1 Å². The molecule has 1 N–H and O–H groups in total. The third-order valence-electron chi connectivity index (χ3n) is 5.76. The summed E-state index contributed by atoms with van der Waals surface area (Å²) in [6.45, 7) is 0.546. The van der Waals surface area contributed by atoms with Crippen LogP contribution in [0.25, 0.3) is 0 Å². The van der Waals surface area contributed by atoms with Crippen molar-refractivity contribution in [3.63, 3.8) is 0 Å². The highest BCUT2D eigenvalue weighted by molar-refractivity contribution is 6.31. The molecule has 0 radical (unpaired) electrons. The first kappa shape index (κ1) is 19.6. The molecular formula is C21H23ClN4O3. The fraction of sp³-hybridized carbons (Fsp3) is 0.429. The van der Waals surface area contributed by atoms with E-state index in [0.29, 0.717) is 17.4 Å². The highest BCUT2D eigenvalue weighted by Crippen LogP contribution is 2.38. The molecule has 2 aromatic rings. The van der Waals surface area contributed by atoms with Crippen molar-refractivity contribution in [2.24, 2.45) is 11.8 Å². The van der Waals surface area contributed by atoms with Gasteiger partial charge in [0.15, 0.2) is 0 Å². The van der Waals surface area contributed by atoms with Gasteiger partial charge in [0.25, 0.3) is 0 Å². The van der Waals surface area contributed by atoms with Crippen LogP contribution in [-0.2, 0) is 20.9 Å². The first-order valence-electron chi connectivity index (χ1n) is 9.95. The van der Waals surface area contributed by atoms with E-state index in [2.05, 4.69) is 10.4 Å². The summed E-state index contributed by atoms with van der Waals surface area (Å²) in [4.78, 5) is 38.7. The van der Waals surface area contributed by atoms with E-state index in [1.165, 1.54) is 4.90 Å². The van der Waals surface area contributed by atoms with Crippen molar-refractivity contribution in [3.05, 3.63) is 47.1 Å². The summed E-state index contributed by atoms with van der Waals surface area (Å²) in [5.74, 6) is -0.315. The number of carbonyl (C=O) groups excluding carboxylic acids is 3. The number of carbonyl (C=O) groups is 3. The molecule has 2 atom stereocenters. The first-order valence-corrected chi connectivity index (χ1v) is 10.3. The van der Waals surface area contributed by atoms with E-state index in [9.17, 15) is 14.4 Å². The Kier molecular flexibility index (Phi) is 5.67. The molecule has 152 valence electrons. The number of fused-ring (bicyclic) bond motifs is 1. The molecule has 0 bridgehead atoms. The van der Waals surface area contributed by atoms with Crippen molar-refractivity contribution in [3.8, 4) is 0 Å². The fourth-order valence-corrected chi connectivity index (χ4v) is 4.42. The average molecular weight is 415 g/mol. The second kappa shape index (κ2) is 8.37. The molecule has 1 saturated heterocycles. The Balaban J connectivity index is 1.35. The lowest BCUT2D eigenvalue weighted by atomic mass is 9.81. The van der Waals surface area contributed by atoms with E-state index in [4.69, 9.17) is 11.6 Å². The summed E-state index contributed by atoms with van der Waals surface area (Å²) in [6, 6.07) is 9.16. The summed E-state index contributed by atoms with van der Waals surface area (Å²) in [7, 11) is 0. The Morgan fingerprint density at radius 3 is 2.48 bits per heavy atom. The Bertz CT molecular complexity index is 918. The number of nitrogens with one attached hydrogen (secondary N) is 1. The fourth-order valence-electron chi connectivity index (χ4n) is 4.22. The summed E-state index contributed by atoms with van der Waals surface area (Å²) in [5.41, 5.74) is 0.893. The van der Waals surface area contributed by atoms with Crippen LogP contribution in [-0.4, -0.2) is 38.9 Å². The molecule has 2 fully saturated rings. The minimum Gasteiger partial charge on any atom is -0.311 e. The standard InChI is InChI=1S/C21H23ClN4O3/c22-17-8-4-1-5-14(17)13-26-18(9-11-23-26)24-19(27)10-12-25-20(28)15-6-2-3-7-16(15)21(25)29/h1,4-5,8-9,11,15-16H,2-3,6-7,10,12-13H2,(H,24,27)/t15-,16+. The molecule has 3 amide bonds. The van der Waals surface area contributed by atoms with Gasteiger partial charge in [-0.3, -0.25) is 19.3 Å². The van der Waals surface area contributed by atoms with Crippen molar-refractivity contribution >= 4 is 35.1 Å². The van der Waals surface area contributed by atoms with Crippen LogP contribution in [0, 0.1) is 11.8 Å². The summed E-state index contributed by atoms with van der Waals surface area (Å²) in [5, 5.41) is 7.69. The number of imide groups is 1. The second-order valence-electron chi connectivity index (χ2n) is 7.59. The SMILES string of the molecule is O=C(CCN1C(=O)[C@H]2CCCC[C@H]2C1=O)Nc1ccnn1Cc1ccccc1Cl. The predicted molar refractivity (Wildman–Crippen MR) is 108 cm³/mol. The zero-order valence-corrected chi connectivity index (χ0v) is 16.8. The van der Waals surface area contributed by atoms with E-state index < -0.39 is 0 Å². The number of hydrogen-bond donors (Lipinski definition) is 1. The number of halogens is 1. The smallest absolute Gasteiger partial charge is 0.233 e. The molecule has 1 aromatic heterocycles. The molecule has 8 heteroatoms. The zero-order chi connectivity index (χ0) is 20.4. The van der Waals surface area contributed by atoms with Crippen LogP contribution in [0.1, 0.15) is 37.7 Å². The second-order valence-corrected chi connectivity index (χ2v) is 8.00. The van der Waals surface area contributed by atoms with Crippen LogP contribution in [0.15, 0.2) is 36.5 Å². The third kappa shape index (κ3) is 4.05. The quantitative estimate of drug-likeness (QED) is 0.736. The number of hydrogen-bond acceptors (Lipinski definition) is 4. The van der Waals surface area contributed by atoms with Gasteiger partial charge in [-0.25, -0.2) is 4.68 Å². The number of aromatic nitrogens is 2. The summed E-state index contributed by atoms with van der Waals surface area (Å²) < 4.78 is 1.65. The zero-order valence-electron chi connectivity index (χ0n) is 16.0. The van der Waals surface area contributed by atoms with Gasteiger partial charge in [0.05, 0.1) is 24.6 Å².